The highest BCUT2D eigenvalue weighted by Gasteiger charge is 2.26. The summed E-state index contributed by atoms with van der Waals surface area (Å²) in [6, 6.07) is 0.716. The summed E-state index contributed by atoms with van der Waals surface area (Å²) in [5, 5.41) is 8.43. The zero-order valence-electron chi connectivity index (χ0n) is 8.21. The van der Waals surface area contributed by atoms with Crippen molar-refractivity contribution >= 4 is 27.7 Å². The predicted molar refractivity (Wildman–Crippen MR) is 55.6 cm³/mol. The number of rotatable bonds is 4. The normalized spacial score (nSPS) is 12.2. The van der Waals surface area contributed by atoms with Crippen molar-refractivity contribution in [2.45, 2.75) is 11.2 Å². The van der Waals surface area contributed by atoms with Crippen LogP contribution in [0.2, 0.25) is 0 Å². The molecule has 1 rings (SSSR count). The molecule has 0 radical (unpaired) electrons. The Hall–Kier alpha value is -1.37. The smallest absolute Gasteiger partial charge is 0.304 e. The third-order valence-corrected chi connectivity index (χ3v) is 2.63. The van der Waals surface area contributed by atoms with Crippen molar-refractivity contribution in [1.82, 2.24) is 0 Å². The van der Waals surface area contributed by atoms with Crippen molar-refractivity contribution in [3.63, 3.8) is 0 Å². The average Bonchev–Trinajstić information content (AvgIpc) is 2.14. The molecule has 0 amide bonds. The van der Waals surface area contributed by atoms with E-state index >= 15 is 0 Å². The number of ketones is 1. The number of carbonyl (C=O) groups is 2. The number of carboxylic acids is 1. The Morgan fingerprint density at radius 2 is 1.71 bits per heavy atom. The van der Waals surface area contributed by atoms with E-state index < -0.39 is 46.0 Å². The van der Waals surface area contributed by atoms with Gasteiger partial charge in [0.05, 0.1) is 16.8 Å². The second-order valence-electron chi connectivity index (χ2n) is 3.17. The highest BCUT2D eigenvalue weighted by Crippen LogP contribution is 2.20. The quantitative estimate of drug-likeness (QED) is 0.687. The molecule has 17 heavy (non-hydrogen) atoms. The summed E-state index contributed by atoms with van der Waals surface area (Å²) in [5.74, 6) is -6.25. The number of carbonyl (C=O) groups excluding carboxylic acids is 1. The molecule has 0 aliphatic carbocycles. The van der Waals surface area contributed by atoms with E-state index in [2.05, 4.69) is 15.9 Å². The van der Waals surface area contributed by atoms with E-state index in [1.807, 2.05) is 0 Å². The van der Waals surface area contributed by atoms with Gasteiger partial charge in [-0.2, -0.15) is 0 Å². The maximum absolute atomic E-state index is 13.2. The minimum atomic E-state index is -1.36. The van der Waals surface area contributed by atoms with Crippen LogP contribution in [-0.4, -0.2) is 21.7 Å². The maximum Gasteiger partial charge on any atom is 0.304 e. The zero-order valence-corrected chi connectivity index (χ0v) is 9.80. The van der Waals surface area contributed by atoms with Gasteiger partial charge in [0.1, 0.15) is 17.5 Å². The van der Waals surface area contributed by atoms with Crippen LogP contribution < -0.4 is 0 Å². The zero-order chi connectivity index (χ0) is 13.2. The molecule has 1 aromatic carbocycles. The molecule has 0 saturated carbocycles. The minimum absolute atomic E-state index is 0.358. The Morgan fingerprint density at radius 3 is 2.12 bits per heavy atom. The van der Waals surface area contributed by atoms with Gasteiger partial charge in [0.15, 0.2) is 5.78 Å². The molecule has 3 nitrogen and oxygen atoms in total. The lowest BCUT2D eigenvalue weighted by Crippen LogP contribution is -2.20. The Bertz CT molecular complexity index is 453. The molecule has 0 spiro atoms. The van der Waals surface area contributed by atoms with E-state index in [0.717, 1.165) is 0 Å². The van der Waals surface area contributed by atoms with Crippen LogP contribution in [0, 0.1) is 17.5 Å². The maximum atomic E-state index is 13.2. The number of benzene rings is 1. The third kappa shape index (κ3) is 3.29. The van der Waals surface area contributed by atoms with Crippen LogP contribution in [0.4, 0.5) is 13.2 Å². The monoisotopic (exact) mass is 310 g/mol. The molecule has 0 aliphatic rings. The minimum Gasteiger partial charge on any atom is -0.481 e. The lowest BCUT2D eigenvalue weighted by atomic mass is 10.1. The lowest BCUT2D eigenvalue weighted by molar-refractivity contribution is -0.136. The summed E-state index contributed by atoms with van der Waals surface area (Å²) in [6.45, 7) is 0. The number of carboxylic acid groups (broad SMARTS) is 1. The second kappa shape index (κ2) is 5.31. The Balaban J connectivity index is 3.08. The molecule has 92 valence electrons. The van der Waals surface area contributed by atoms with E-state index in [0.29, 0.717) is 12.1 Å². The molecule has 1 N–H and O–H groups in total. The number of aliphatic carboxylic acids is 1. The molecule has 0 aromatic heterocycles. The van der Waals surface area contributed by atoms with Crippen LogP contribution in [0.15, 0.2) is 12.1 Å². The molecule has 0 aliphatic heterocycles. The molecule has 0 fully saturated rings. The van der Waals surface area contributed by atoms with Gasteiger partial charge in [0.25, 0.3) is 0 Å². The molecule has 0 bridgehead atoms. The fourth-order valence-electron chi connectivity index (χ4n) is 1.18. The summed E-state index contributed by atoms with van der Waals surface area (Å²) in [7, 11) is 0. The summed E-state index contributed by atoms with van der Waals surface area (Å²) < 4.78 is 39.0. The molecular formula is C10H6BrF3O3. The first-order valence-corrected chi connectivity index (χ1v) is 5.29. The van der Waals surface area contributed by atoms with Crippen LogP contribution in [0.3, 0.4) is 0 Å². The topological polar surface area (TPSA) is 54.4 Å². The first-order valence-electron chi connectivity index (χ1n) is 4.37. The van der Waals surface area contributed by atoms with Crippen molar-refractivity contribution < 1.29 is 27.9 Å². The van der Waals surface area contributed by atoms with E-state index in [-0.39, 0.29) is 0 Å². The standard InChI is InChI=1S/C10H6BrF3O3/c11-5(3-8(15)16)10(17)9-6(13)1-4(12)2-7(9)14/h1-2,5H,3H2,(H,15,16). The molecule has 0 heterocycles. The average molecular weight is 311 g/mol. The Labute approximate surface area is 102 Å². The molecule has 1 atom stereocenters. The fourth-order valence-corrected chi connectivity index (χ4v) is 1.69. The van der Waals surface area contributed by atoms with Crippen LogP contribution >= 0.6 is 15.9 Å². The van der Waals surface area contributed by atoms with Crippen LogP contribution in [-0.2, 0) is 4.79 Å². The lowest BCUT2D eigenvalue weighted by Gasteiger charge is -2.08. The van der Waals surface area contributed by atoms with Crippen molar-refractivity contribution in [1.29, 1.82) is 0 Å². The molecular weight excluding hydrogens is 305 g/mol. The Kier molecular flexibility index (Phi) is 4.28. The van der Waals surface area contributed by atoms with Gasteiger partial charge in [0, 0.05) is 12.1 Å². The van der Waals surface area contributed by atoms with E-state index in [4.69, 9.17) is 5.11 Å². The van der Waals surface area contributed by atoms with Gasteiger partial charge in [0.2, 0.25) is 0 Å². The van der Waals surface area contributed by atoms with Crippen molar-refractivity contribution in [3.05, 3.63) is 35.1 Å². The second-order valence-corrected chi connectivity index (χ2v) is 4.28. The first-order chi connectivity index (χ1) is 7.82. The third-order valence-electron chi connectivity index (χ3n) is 1.89. The summed E-state index contributed by atoms with van der Waals surface area (Å²) in [6.07, 6.45) is -0.630. The number of alkyl halides is 1. The molecule has 1 unspecified atom stereocenters. The molecule has 1 aromatic rings. The first kappa shape index (κ1) is 13.7. The SMILES string of the molecule is O=C(O)CC(Br)C(=O)c1c(F)cc(F)cc1F. The largest absolute Gasteiger partial charge is 0.481 e. The summed E-state index contributed by atoms with van der Waals surface area (Å²) in [5.41, 5.74) is -0.950. The predicted octanol–water partition coefficient (Wildman–Crippen LogP) is 2.52. The van der Waals surface area contributed by atoms with Crippen molar-refractivity contribution in [2.75, 3.05) is 0 Å². The van der Waals surface area contributed by atoms with Gasteiger partial charge >= 0.3 is 5.97 Å². The summed E-state index contributed by atoms with van der Waals surface area (Å²) >= 11 is 2.71. The van der Waals surface area contributed by atoms with Gasteiger partial charge in [-0.15, -0.1) is 0 Å². The van der Waals surface area contributed by atoms with Crippen LogP contribution in [0.1, 0.15) is 16.8 Å². The van der Waals surface area contributed by atoms with Crippen LogP contribution in [0.5, 0.6) is 0 Å². The van der Waals surface area contributed by atoms with E-state index in [9.17, 15) is 22.8 Å². The fraction of sp³-hybridized carbons (Fsp3) is 0.200. The van der Waals surface area contributed by atoms with Crippen molar-refractivity contribution in [2.24, 2.45) is 0 Å². The number of Topliss-reactive ketones (excluding diaryl/α,β-unsaturated/α-hetero) is 1. The van der Waals surface area contributed by atoms with Gasteiger partial charge in [-0.25, -0.2) is 13.2 Å². The number of hydrogen-bond acceptors (Lipinski definition) is 2. The highest BCUT2D eigenvalue weighted by molar-refractivity contribution is 9.10. The van der Waals surface area contributed by atoms with Gasteiger partial charge < -0.3 is 5.11 Å². The van der Waals surface area contributed by atoms with Crippen LogP contribution in [0.25, 0.3) is 0 Å². The Morgan fingerprint density at radius 1 is 1.24 bits per heavy atom. The van der Waals surface area contributed by atoms with Crippen molar-refractivity contribution in [3.8, 4) is 0 Å². The van der Waals surface area contributed by atoms with Gasteiger partial charge in [-0.05, 0) is 0 Å². The number of hydrogen-bond donors (Lipinski definition) is 1. The number of halogens is 4. The van der Waals surface area contributed by atoms with Gasteiger partial charge in [-0.3, -0.25) is 9.59 Å². The van der Waals surface area contributed by atoms with E-state index in [1.165, 1.54) is 0 Å². The van der Waals surface area contributed by atoms with Gasteiger partial charge in [-0.1, -0.05) is 15.9 Å². The van der Waals surface area contributed by atoms with E-state index in [1.54, 1.807) is 0 Å². The molecule has 0 saturated heterocycles. The summed E-state index contributed by atoms with van der Waals surface area (Å²) in [4.78, 5) is 20.6. The highest BCUT2D eigenvalue weighted by atomic mass is 79.9. The molecule has 7 heteroatoms.